The molecule has 5 heteroatoms. The molecule has 0 radical (unpaired) electrons. The van der Waals surface area contributed by atoms with Crippen LogP contribution in [0.4, 0.5) is 0 Å². The molecule has 0 N–H and O–H groups in total. The third kappa shape index (κ3) is 3.81. The van der Waals surface area contributed by atoms with E-state index < -0.39 is 11.9 Å². The van der Waals surface area contributed by atoms with Crippen LogP contribution in [0.25, 0.3) is 0 Å². The van der Waals surface area contributed by atoms with Gasteiger partial charge in [-0.15, -0.1) is 0 Å². The second-order valence-corrected chi connectivity index (χ2v) is 2.56. The van der Waals surface area contributed by atoms with Gasteiger partial charge in [-0.2, -0.15) is 0 Å². The van der Waals surface area contributed by atoms with Crippen molar-refractivity contribution < 1.29 is 19.1 Å². The molecule has 0 spiro atoms. The van der Waals surface area contributed by atoms with Gasteiger partial charge < -0.3 is 9.47 Å². The number of hydrogen-bond acceptors (Lipinski definition) is 4. The second-order valence-electron chi connectivity index (χ2n) is 2.56. The molecule has 1 aromatic carbocycles. The Morgan fingerprint density at radius 3 is 1.73 bits per heavy atom. The third-order valence-corrected chi connectivity index (χ3v) is 1.70. The summed E-state index contributed by atoms with van der Waals surface area (Å²) in [6.45, 7) is 0. The molecule has 0 aliphatic heterocycles. The van der Waals surface area contributed by atoms with Crippen molar-refractivity contribution in [1.82, 2.24) is 0 Å². The normalized spacial score (nSPS) is 8.67. The van der Waals surface area contributed by atoms with Crippen molar-refractivity contribution >= 4 is 49.7 Å². The SMILES string of the molecule is COC(=O)c1cccc(C(=O)OC)c1.[CaH2]. The fraction of sp³-hybridized carbons (Fsp3) is 0.200. The van der Waals surface area contributed by atoms with Gasteiger partial charge in [-0.3, -0.25) is 0 Å². The quantitative estimate of drug-likeness (QED) is 0.549. The molecule has 0 heterocycles. The van der Waals surface area contributed by atoms with Crippen molar-refractivity contribution in [3.8, 4) is 0 Å². The van der Waals surface area contributed by atoms with Gasteiger partial charge >= 0.3 is 49.7 Å². The molecule has 0 fully saturated rings. The van der Waals surface area contributed by atoms with Crippen LogP contribution in [0, 0.1) is 0 Å². The van der Waals surface area contributed by atoms with Crippen LogP contribution < -0.4 is 0 Å². The number of carbonyl (C=O) groups is 2. The van der Waals surface area contributed by atoms with Crippen molar-refractivity contribution in [3.05, 3.63) is 35.4 Å². The van der Waals surface area contributed by atoms with E-state index in [4.69, 9.17) is 0 Å². The minimum absolute atomic E-state index is 0. The van der Waals surface area contributed by atoms with Crippen LogP contribution in [0.15, 0.2) is 24.3 Å². The predicted molar refractivity (Wildman–Crippen MR) is 57.7 cm³/mol. The van der Waals surface area contributed by atoms with Crippen LogP contribution in [0.3, 0.4) is 0 Å². The van der Waals surface area contributed by atoms with E-state index >= 15 is 0 Å². The first-order chi connectivity index (χ1) is 6.69. The zero-order valence-electron chi connectivity index (χ0n) is 7.94. The van der Waals surface area contributed by atoms with Crippen molar-refractivity contribution in [2.24, 2.45) is 0 Å². The van der Waals surface area contributed by atoms with Gasteiger partial charge in [0.05, 0.1) is 25.3 Å². The van der Waals surface area contributed by atoms with Gasteiger partial charge in [0.2, 0.25) is 0 Å². The molecule has 0 aliphatic rings. The molecule has 4 nitrogen and oxygen atoms in total. The van der Waals surface area contributed by atoms with Gasteiger partial charge in [-0.1, -0.05) is 6.07 Å². The molecule has 0 saturated heterocycles. The Bertz CT molecular complexity index is 331. The molecule has 15 heavy (non-hydrogen) atoms. The van der Waals surface area contributed by atoms with Crippen LogP contribution in [0.5, 0.6) is 0 Å². The Labute approximate surface area is 118 Å². The van der Waals surface area contributed by atoms with Gasteiger partial charge in [0.15, 0.2) is 0 Å². The summed E-state index contributed by atoms with van der Waals surface area (Å²) in [5.74, 6) is -0.952. The Hall–Kier alpha value is -0.580. The Kier molecular flexibility index (Phi) is 6.56. The molecular formula is C10H12CaO4. The first kappa shape index (κ1) is 14.4. The zero-order valence-corrected chi connectivity index (χ0v) is 7.94. The number of ether oxygens (including phenoxy) is 2. The number of benzene rings is 1. The van der Waals surface area contributed by atoms with E-state index in [1.165, 1.54) is 20.3 Å². The summed E-state index contributed by atoms with van der Waals surface area (Å²) in [4.78, 5) is 22.2. The first-order valence-corrected chi connectivity index (χ1v) is 3.95. The molecule has 0 aliphatic carbocycles. The van der Waals surface area contributed by atoms with Gasteiger partial charge in [-0.25, -0.2) is 9.59 Å². The molecule has 0 saturated carbocycles. The van der Waals surface area contributed by atoms with E-state index in [0.717, 1.165) is 0 Å². The van der Waals surface area contributed by atoms with Crippen LogP contribution in [-0.4, -0.2) is 63.9 Å². The summed E-state index contributed by atoms with van der Waals surface area (Å²) < 4.78 is 9.03. The maximum atomic E-state index is 11.1. The van der Waals surface area contributed by atoms with Gasteiger partial charge in [0.1, 0.15) is 0 Å². The van der Waals surface area contributed by atoms with Gasteiger partial charge in [0.25, 0.3) is 0 Å². The van der Waals surface area contributed by atoms with Crippen molar-refractivity contribution in [2.45, 2.75) is 0 Å². The summed E-state index contributed by atoms with van der Waals surface area (Å²) in [7, 11) is 2.57. The number of hydrogen-bond donors (Lipinski definition) is 0. The number of rotatable bonds is 2. The van der Waals surface area contributed by atoms with Crippen LogP contribution in [0.2, 0.25) is 0 Å². The van der Waals surface area contributed by atoms with E-state index in [0.29, 0.717) is 11.1 Å². The van der Waals surface area contributed by atoms with E-state index in [1.54, 1.807) is 18.2 Å². The third-order valence-electron chi connectivity index (χ3n) is 1.70. The fourth-order valence-electron chi connectivity index (χ4n) is 1.01. The molecule has 78 valence electrons. The van der Waals surface area contributed by atoms with Crippen LogP contribution in [-0.2, 0) is 9.47 Å². The van der Waals surface area contributed by atoms with Crippen molar-refractivity contribution in [2.75, 3.05) is 14.2 Å². The summed E-state index contributed by atoms with van der Waals surface area (Å²) in [5.41, 5.74) is 0.658. The van der Waals surface area contributed by atoms with Gasteiger partial charge in [-0.05, 0) is 18.2 Å². The number of esters is 2. The molecule has 0 aromatic heterocycles. The molecule has 0 atom stereocenters. The molecule has 0 amide bonds. The maximum absolute atomic E-state index is 11.1. The molecule has 1 aromatic rings. The molecular weight excluding hydrogens is 224 g/mol. The molecule has 0 unspecified atom stereocenters. The Morgan fingerprint density at radius 2 is 1.40 bits per heavy atom. The second kappa shape index (κ2) is 6.82. The molecule has 1 rings (SSSR count). The first-order valence-electron chi connectivity index (χ1n) is 3.95. The Morgan fingerprint density at radius 1 is 1.00 bits per heavy atom. The van der Waals surface area contributed by atoms with E-state index in [2.05, 4.69) is 9.47 Å². The molecule has 0 bridgehead atoms. The average molecular weight is 236 g/mol. The van der Waals surface area contributed by atoms with Crippen LogP contribution >= 0.6 is 0 Å². The zero-order chi connectivity index (χ0) is 10.6. The van der Waals surface area contributed by atoms with E-state index in [9.17, 15) is 9.59 Å². The summed E-state index contributed by atoms with van der Waals surface area (Å²) in [6, 6.07) is 6.16. The topological polar surface area (TPSA) is 52.6 Å². The summed E-state index contributed by atoms with van der Waals surface area (Å²) >= 11 is 0. The van der Waals surface area contributed by atoms with E-state index in [1.807, 2.05) is 0 Å². The van der Waals surface area contributed by atoms with Crippen molar-refractivity contribution in [3.63, 3.8) is 0 Å². The average Bonchev–Trinajstić information content (AvgIpc) is 2.27. The minimum atomic E-state index is -0.476. The number of methoxy groups -OCH3 is 2. The standard InChI is InChI=1S/C10H10O4.Ca.2H/c1-13-9(11)7-4-3-5-8(6-7)10(12)14-2;;;/h3-6H,1-2H3;;;. The summed E-state index contributed by atoms with van der Waals surface area (Å²) in [6.07, 6.45) is 0. The Balaban J connectivity index is 0.00000196. The fourth-order valence-corrected chi connectivity index (χ4v) is 1.01. The van der Waals surface area contributed by atoms with Crippen LogP contribution in [0.1, 0.15) is 20.7 Å². The predicted octanol–water partition coefficient (Wildman–Crippen LogP) is 0.344. The monoisotopic (exact) mass is 236 g/mol. The van der Waals surface area contributed by atoms with Gasteiger partial charge in [0, 0.05) is 0 Å². The van der Waals surface area contributed by atoms with E-state index in [-0.39, 0.29) is 37.7 Å². The number of carbonyl (C=O) groups excluding carboxylic acids is 2. The van der Waals surface area contributed by atoms with Crippen molar-refractivity contribution in [1.29, 1.82) is 0 Å². The summed E-state index contributed by atoms with van der Waals surface area (Å²) in [5, 5.41) is 0.